The fourth-order valence-electron chi connectivity index (χ4n) is 3.83. The molecule has 2 heterocycles. The molecule has 8 heteroatoms. The van der Waals surface area contributed by atoms with Crippen molar-refractivity contribution in [3.63, 3.8) is 0 Å². The van der Waals surface area contributed by atoms with E-state index in [0.29, 0.717) is 22.2 Å². The Bertz CT molecular complexity index is 1430. The summed E-state index contributed by atoms with van der Waals surface area (Å²) in [6, 6.07) is 13.9. The predicted octanol–water partition coefficient (Wildman–Crippen LogP) is 3.17. The average Bonchev–Trinajstić information content (AvgIpc) is 3.17. The van der Waals surface area contributed by atoms with Crippen LogP contribution in [0.5, 0.6) is 0 Å². The van der Waals surface area contributed by atoms with E-state index in [9.17, 15) is 19.7 Å². The molecule has 0 aliphatic carbocycles. The molecule has 0 fully saturated rings. The van der Waals surface area contributed by atoms with Crippen LogP contribution < -0.4 is 11.2 Å². The zero-order valence-electron chi connectivity index (χ0n) is 16.8. The Kier molecular flexibility index (Phi) is 4.62. The van der Waals surface area contributed by atoms with E-state index in [1.165, 1.54) is 23.7 Å². The molecule has 4 rings (SSSR count). The Hall–Kier alpha value is -3.94. The molecule has 0 saturated carbocycles. The highest BCUT2D eigenvalue weighted by atomic mass is 16.6. The van der Waals surface area contributed by atoms with Crippen molar-refractivity contribution in [2.24, 2.45) is 14.1 Å². The predicted molar refractivity (Wildman–Crippen MR) is 115 cm³/mol. The van der Waals surface area contributed by atoms with Crippen molar-refractivity contribution in [1.29, 1.82) is 0 Å². The number of nitro benzene ring substituents is 1. The third-order valence-corrected chi connectivity index (χ3v) is 5.40. The number of fused-ring (bicyclic) bond motifs is 1. The number of nitro groups is 1. The topological polar surface area (TPSA) is 92.1 Å². The maximum Gasteiger partial charge on any atom is 0.330 e. The third kappa shape index (κ3) is 2.85. The van der Waals surface area contributed by atoms with Gasteiger partial charge in [-0.2, -0.15) is 0 Å². The molecule has 0 aliphatic rings. The van der Waals surface area contributed by atoms with Crippen LogP contribution in [-0.2, 0) is 20.5 Å². The third-order valence-electron chi connectivity index (χ3n) is 5.40. The number of aromatic nitrogens is 3. The summed E-state index contributed by atoms with van der Waals surface area (Å²) in [5, 5.41) is 11.7. The van der Waals surface area contributed by atoms with Crippen molar-refractivity contribution in [3.8, 4) is 16.9 Å². The standard InChI is InChI=1S/C22H20N4O4/c1-4-14-8-5-6-11-17(14)25-13-18-19(21(27)24(3)22(28)23(18)2)20(25)15-9-7-10-16(12-15)26(29)30/h5-13H,4H2,1-3H3. The van der Waals surface area contributed by atoms with Crippen LogP contribution in [0.15, 0.2) is 64.3 Å². The Morgan fingerprint density at radius 3 is 2.43 bits per heavy atom. The van der Waals surface area contributed by atoms with E-state index in [0.717, 1.165) is 22.2 Å². The van der Waals surface area contributed by atoms with Gasteiger partial charge >= 0.3 is 5.69 Å². The Morgan fingerprint density at radius 1 is 1.00 bits per heavy atom. The Labute approximate surface area is 171 Å². The fourth-order valence-corrected chi connectivity index (χ4v) is 3.83. The second kappa shape index (κ2) is 7.14. The first-order valence-corrected chi connectivity index (χ1v) is 9.49. The normalized spacial score (nSPS) is 11.2. The first-order chi connectivity index (χ1) is 14.3. The zero-order chi connectivity index (χ0) is 21.6. The van der Waals surface area contributed by atoms with Crippen LogP contribution in [-0.4, -0.2) is 18.6 Å². The Balaban J connectivity index is 2.22. The van der Waals surface area contributed by atoms with Crippen LogP contribution in [0.4, 0.5) is 5.69 Å². The molecule has 2 aromatic carbocycles. The largest absolute Gasteiger partial charge is 0.330 e. The van der Waals surface area contributed by atoms with Gasteiger partial charge in [0.05, 0.1) is 21.5 Å². The Morgan fingerprint density at radius 2 is 1.73 bits per heavy atom. The van der Waals surface area contributed by atoms with Gasteiger partial charge in [-0.15, -0.1) is 0 Å². The minimum atomic E-state index is -0.465. The van der Waals surface area contributed by atoms with E-state index in [-0.39, 0.29) is 5.69 Å². The van der Waals surface area contributed by atoms with Gasteiger partial charge in [-0.3, -0.25) is 24.0 Å². The van der Waals surface area contributed by atoms with Crippen LogP contribution in [0.3, 0.4) is 0 Å². The van der Waals surface area contributed by atoms with E-state index in [4.69, 9.17) is 0 Å². The molecular weight excluding hydrogens is 384 g/mol. The summed E-state index contributed by atoms with van der Waals surface area (Å²) in [5.74, 6) is 0. The summed E-state index contributed by atoms with van der Waals surface area (Å²) in [6.07, 6.45) is 2.51. The molecule has 0 N–H and O–H groups in total. The quantitative estimate of drug-likeness (QED) is 0.386. The molecule has 30 heavy (non-hydrogen) atoms. The van der Waals surface area contributed by atoms with Crippen molar-refractivity contribution in [2.75, 3.05) is 0 Å². The summed E-state index contributed by atoms with van der Waals surface area (Å²) >= 11 is 0. The second-order valence-electron chi connectivity index (χ2n) is 7.10. The first-order valence-electron chi connectivity index (χ1n) is 9.49. The van der Waals surface area contributed by atoms with Gasteiger partial charge in [0.2, 0.25) is 0 Å². The van der Waals surface area contributed by atoms with E-state index in [2.05, 4.69) is 0 Å². The summed E-state index contributed by atoms with van der Waals surface area (Å²) < 4.78 is 4.32. The van der Waals surface area contributed by atoms with Crippen molar-refractivity contribution in [1.82, 2.24) is 13.7 Å². The molecule has 0 bridgehead atoms. The molecule has 2 aromatic heterocycles. The second-order valence-corrected chi connectivity index (χ2v) is 7.10. The van der Waals surface area contributed by atoms with Gasteiger partial charge in [-0.1, -0.05) is 37.3 Å². The monoisotopic (exact) mass is 404 g/mol. The molecule has 0 radical (unpaired) electrons. The molecular formula is C22H20N4O4. The van der Waals surface area contributed by atoms with Crippen LogP contribution in [0.1, 0.15) is 12.5 Å². The number of para-hydroxylation sites is 1. The molecule has 0 amide bonds. The SMILES string of the molecule is CCc1ccccc1-n1cc2c(c1-c1cccc([N+](=O)[O-])c1)c(=O)n(C)c(=O)n2C. The highest BCUT2D eigenvalue weighted by molar-refractivity contribution is 5.95. The highest BCUT2D eigenvalue weighted by Gasteiger charge is 2.22. The van der Waals surface area contributed by atoms with Crippen LogP contribution in [0.25, 0.3) is 27.8 Å². The van der Waals surface area contributed by atoms with Gasteiger partial charge in [0.1, 0.15) is 0 Å². The van der Waals surface area contributed by atoms with E-state index < -0.39 is 16.2 Å². The first kappa shape index (κ1) is 19.4. The van der Waals surface area contributed by atoms with E-state index in [1.54, 1.807) is 25.4 Å². The van der Waals surface area contributed by atoms with Crippen molar-refractivity contribution < 1.29 is 4.92 Å². The molecule has 4 aromatic rings. The summed E-state index contributed by atoms with van der Waals surface area (Å²) in [5.41, 5.74) is 2.47. The average molecular weight is 404 g/mol. The van der Waals surface area contributed by atoms with Gasteiger partial charge in [0, 0.05) is 43.7 Å². The van der Waals surface area contributed by atoms with Crippen molar-refractivity contribution >= 4 is 16.6 Å². The molecule has 0 saturated heterocycles. The number of benzene rings is 2. The maximum atomic E-state index is 13.1. The lowest BCUT2D eigenvalue weighted by Crippen LogP contribution is -2.36. The fraction of sp³-hybridized carbons (Fsp3) is 0.182. The highest BCUT2D eigenvalue weighted by Crippen LogP contribution is 2.33. The molecule has 0 aliphatic heterocycles. The summed E-state index contributed by atoms with van der Waals surface area (Å²) in [6.45, 7) is 2.03. The minimum Gasteiger partial charge on any atom is -0.313 e. The van der Waals surface area contributed by atoms with Crippen molar-refractivity contribution in [2.45, 2.75) is 13.3 Å². The summed E-state index contributed by atoms with van der Waals surface area (Å²) in [7, 11) is 3.04. The van der Waals surface area contributed by atoms with Crippen LogP contribution in [0, 0.1) is 10.1 Å². The molecule has 0 spiro atoms. The maximum absolute atomic E-state index is 13.1. The molecule has 0 atom stereocenters. The minimum absolute atomic E-state index is 0.0705. The number of hydrogen-bond acceptors (Lipinski definition) is 4. The van der Waals surface area contributed by atoms with Gasteiger partial charge in [-0.25, -0.2) is 4.79 Å². The lowest BCUT2D eigenvalue weighted by Gasteiger charge is -2.13. The van der Waals surface area contributed by atoms with Crippen LogP contribution in [0.2, 0.25) is 0 Å². The molecule has 152 valence electrons. The van der Waals surface area contributed by atoms with E-state index in [1.807, 2.05) is 35.8 Å². The lowest BCUT2D eigenvalue weighted by atomic mass is 10.1. The lowest BCUT2D eigenvalue weighted by molar-refractivity contribution is -0.384. The number of nitrogens with zero attached hydrogens (tertiary/aromatic N) is 4. The number of rotatable bonds is 4. The zero-order valence-corrected chi connectivity index (χ0v) is 16.8. The van der Waals surface area contributed by atoms with Crippen molar-refractivity contribution in [3.05, 3.63) is 91.2 Å². The smallest absolute Gasteiger partial charge is 0.313 e. The number of aryl methyl sites for hydroxylation is 2. The molecule has 0 unspecified atom stereocenters. The van der Waals surface area contributed by atoms with E-state index >= 15 is 0 Å². The van der Waals surface area contributed by atoms with Gasteiger partial charge in [-0.05, 0) is 18.1 Å². The van der Waals surface area contributed by atoms with Gasteiger partial charge in [0.25, 0.3) is 11.2 Å². The number of hydrogen-bond donors (Lipinski definition) is 0. The number of non-ortho nitro benzene ring substituents is 1. The van der Waals surface area contributed by atoms with Crippen LogP contribution >= 0.6 is 0 Å². The van der Waals surface area contributed by atoms with Gasteiger partial charge < -0.3 is 4.57 Å². The summed E-state index contributed by atoms with van der Waals surface area (Å²) in [4.78, 5) is 36.5. The molecule has 8 nitrogen and oxygen atoms in total. The van der Waals surface area contributed by atoms with Gasteiger partial charge in [0.15, 0.2) is 0 Å².